The number of aromatic nitrogens is 2. The molecule has 6 heteroatoms. The van der Waals surface area contributed by atoms with Gasteiger partial charge in [0.15, 0.2) is 11.2 Å². The molecule has 0 aliphatic heterocycles. The molecular formula is C14H11BrN2O2S. The van der Waals surface area contributed by atoms with Gasteiger partial charge in [0.05, 0.1) is 7.11 Å². The van der Waals surface area contributed by atoms with Crippen molar-refractivity contribution < 1.29 is 9.53 Å². The lowest BCUT2D eigenvalue weighted by atomic mass is 10.1. The van der Waals surface area contributed by atoms with E-state index in [1.54, 1.807) is 7.11 Å². The average molecular weight is 351 g/mol. The molecule has 0 radical (unpaired) electrons. The van der Waals surface area contributed by atoms with E-state index in [2.05, 4.69) is 20.9 Å². The zero-order chi connectivity index (χ0) is 14.3. The monoisotopic (exact) mass is 350 g/mol. The predicted molar refractivity (Wildman–Crippen MR) is 82.9 cm³/mol. The molecule has 4 nitrogen and oxygen atoms in total. The van der Waals surface area contributed by atoms with Gasteiger partial charge in [-0.25, -0.2) is 4.98 Å². The number of methoxy groups -OCH3 is 1. The molecule has 0 aliphatic rings. The highest BCUT2D eigenvalue weighted by Gasteiger charge is 2.18. The first-order valence-electron chi connectivity index (χ1n) is 5.91. The van der Waals surface area contributed by atoms with E-state index < -0.39 is 0 Å². The lowest BCUT2D eigenvalue weighted by Crippen LogP contribution is -1.94. The van der Waals surface area contributed by atoms with Crippen LogP contribution in [0.1, 0.15) is 16.2 Å². The summed E-state index contributed by atoms with van der Waals surface area (Å²) < 4.78 is 7.91. The molecule has 0 aliphatic carbocycles. The number of aryl methyl sites for hydroxylation is 1. The Morgan fingerprint density at radius 2 is 2.25 bits per heavy atom. The third-order valence-electron chi connectivity index (χ3n) is 3.11. The molecular weight excluding hydrogens is 340 g/mol. The van der Waals surface area contributed by atoms with E-state index in [-0.39, 0.29) is 0 Å². The van der Waals surface area contributed by atoms with E-state index in [9.17, 15) is 4.79 Å². The molecule has 0 amide bonds. The van der Waals surface area contributed by atoms with Gasteiger partial charge in [-0.2, -0.15) is 0 Å². The lowest BCUT2D eigenvalue weighted by molar-refractivity contribution is 0.111. The Morgan fingerprint density at radius 1 is 1.45 bits per heavy atom. The van der Waals surface area contributed by atoms with Crippen molar-refractivity contribution in [3.63, 3.8) is 0 Å². The van der Waals surface area contributed by atoms with E-state index >= 15 is 0 Å². The summed E-state index contributed by atoms with van der Waals surface area (Å²) in [5.74, 6) is 0.755. The van der Waals surface area contributed by atoms with E-state index in [4.69, 9.17) is 4.74 Å². The summed E-state index contributed by atoms with van der Waals surface area (Å²) >= 11 is 5.04. The van der Waals surface area contributed by atoms with Crippen LogP contribution in [0.4, 0.5) is 0 Å². The molecule has 0 saturated carbocycles. The number of carbonyl (C=O) groups is 1. The number of ether oxygens (including phenoxy) is 1. The Morgan fingerprint density at radius 3 is 2.90 bits per heavy atom. The molecule has 2 aromatic heterocycles. The second kappa shape index (κ2) is 5.03. The number of hydrogen-bond donors (Lipinski definition) is 0. The van der Waals surface area contributed by atoms with Crippen LogP contribution >= 0.6 is 27.3 Å². The van der Waals surface area contributed by atoms with Gasteiger partial charge in [0.1, 0.15) is 17.1 Å². The average Bonchev–Trinajstić information content (AvgIpc) is 2.98. The van der Waals surface area contributed by atoms with Crippen molar-refractivity contribution in [2.24, 2.45) is 0 Å². The zero-order valence-electron chi connectivity index (χ0n) is 10.9. The minimum Gasteiger partial charge on any atom is -0.497 e. The summed E-state index contributed by atoms with van der Waals surface area (Å²) in [4.78, 5) is 16.9. The predicted octanol–water partition coefficient (Wildman–Crippen LogP) is 3.95. The number of imidazole rings is 1. The third-order valence-corrected chi connectivity index (χ3v) is 4.71. The summed E-state index contributed by atoms with van der Waals surface area (Å²) in [5, 5.41) is 1.99. The first-order valence-corrected chi connectivity index (χ1v) is 7.58. The molecule has 3 aromatic rings. The number of nitrogens with zero attached hydrogens (tertiary/aromatic N) is 2. The number of aldehydes is 1. The number of hydrogen-bond acceptors (Lipinski definition) is 4. The second-order valence-electron chi connectivity index (χ2n) is 4.30. The Balaban J connectivity index is 2.26. The number of rotatable bonds is 3. The maximum absolute atomic E-state index is 11.5. The minimum absolute atomic E-state index is 0.574. The maximum Gasteiger partial charge on any atom is 0.195 e. The van der Waals surface area contributed by atoms with Crippen LogP contribution in [0.5, 0.6) is 5.75 Å². The number of fused-ring (bicyclic) bond motifs is 1. The summed E-state index contributed by atoms with van der Waals surface area (Å²) in [7, 11) is 1.62. The van der Waals surface area contributed by atoms with Crippen LogP contribution in [-0.4, -0.2) is 22.8 Å². The molecule has 3 rings (SSSR count). The van der Waals surface area contributed by atoms with Crippen molar-refractivity contribution in [1.29, 1.82) is 0 Å². The molecule has 2 heterocycles. The fourth-order valence-corrected chi connectivity index (χ4v) is 3.56. The largest absolute Gasteiger partial charge is 0.497 e. The maximum atomic E-state index is 11.5. The summed E-state index contributed by atoms with van der Waals surface area (Å²) in [6.07, 6.45) is 0.853. The first kappa shape index (κ1) is 13.3. The van der Waals surface area contributed by atoms with E-state index in [0.29, 0.717) is 11.4 Å². The minimum atomic E-state index is 0.574. The van der Waals surface area contributed by atoms with Crippen LogP contribution < -0.4 is 4.74 Å². The van der Waals surface area contributed by atoms with Gasteiger partial charge in [0.25, 0.3) is 0 Å². The third kappa shape index (κ3) is 1.96. The van der Waals surface area contributed by atoms with Crippen LogP contribution in [0, 0.1) is 6.92 Å². The van der Waals surface area contributed by atoms with Crippen LogP contribution in [0.2, 0.25) is 0 Å². The zero-order valence-corrected chi connectivity index (χ0v) is 13.3. The van der Waals surface area contributed by atoms with Gasteiger partial charge in [0.2, 0.25) is 0 Å². The number of halogens is 1. The lowest BCUT2D eigenvalue weighted by Gasteiger charge is -2.05. The molecule has 102 valence electrons. The summed E-state index contributed by atoms with van der Waals surface area (Å²) in [6, 6.07) is 5.62. The Kier molecular flexibility index (Phi) is 3.35. The Bertz CT molecular complexity index is 807. The molecule has 0 N–H and O–H groups in total. The first-order chi connectivity index (χ1) is 9.65. The molecule has 20 heavy (non-hydrogen) atoms. The van der Waals surface area contributed by atoms with Crippen molar-refractivity contribution in [3.05, 3.63) is 39.4 Å². The van der Waals surface area contributed by atoms with E-state index in [1.165, 1.54) is 11.3 Å². The van der Waals surface area contributed by atoms with Gasteiger partial charge in [-0.05, 0) is 41.1 Å². The van der Waals surface area contributed by atoms with Gasteiger partial charge < -0.3 is 4.74 Å². The van der Waals surface area contributed by atoms with Gasteiger partial charge in [-0.15, -0.1) is 11.3 Å². The summed E-state index contributed by atoms with van der Waals surface area (Å²) in [5.41, 5.74) is 3.15. The molecule has 0 saturated heterocycles. The fourth-order valence-electron chi connectivity index (χ4n) is 2.14. The number of benzene rings is 1. The van der Waals surface area contributed by atoms with E-state index in [1.807, 2.05) is 34.9 Å². The van der Waals surface area contributed by atoms with Gasteiger partial charge in [0, 0.05) is 21.1 Å². The van der Waals surface area contributed by atoms with Crippen molar-refractivity contribution in [2.75, 3.05) is 7.11 Å². The summed E-state index contributed by atoms with van der Waals surface area (Å²) in [6.45, 7) is 1.96. The molecule has 1 aromatic carbocycles. The van der Waals surface area contributed by atoms with Crippen molar-refractivity contribution in [1.82, 2.24) is 9.38 Å². The smallest absolute Gasteiger partial charge is 0.195 e. The number of carbonyl (C=O) groups excluding carboxylic acids is 1. The topological polar surface area (TPSA) is 43.6 Å². The highest BCUT2D eigenvalue weighted by atomic mass is 79.9. The molecule has 0 spiro atoms. The molecule has 0 atom stereocenters. The Labute approximate surface area is 128 Å². The van der Waals surface area contributed by atoms with Crippen LogP contribution in [0.15, 0.2) is 28.1 Å². The van der Waals surface area contributed by atoms with E-state index in [0.717, 1.165) is 32.7 Å². The van der Waals surface area contributed by atoms with Gasteiger partial charge in [-0.1, -0.05) is 0 Å². The van der Waals surface area contributed by atoms with Gasteiger partial charge in [-0.3, -0.25) is 9.20 Å². The molecule has 0 fully saturated rings. The van der Waals surface area contributed by atoms with Crippen molar-refractivity contribution >= 4 is 38.5 Å². The quantitative estimate of drug-likeness (QED) is 0.671. The van der Waals surface area contributed by atoms with Crippen LogP contribution in [-0.2, 0) is 0 Å². The number of thiazole rings is 1. The standard InChI is InChI=1S/C14H11BrN2O2S/c1-8-7-20-14-16-13(12(6-18)17(8)14)10-4-3-9(19-2)5-11(10)15/h3-7H,1-2H3. The highest BCUT2D eigenvalue weighted by Crippen LogP contribution is 2.34. The van der Waals surface area contributed by atoms with Crippen molar-refractivity contribution in [3.8, 4) is 17.0 Å². The second-order valence-corrected chi connectivity index (χ2v) is 6.00. The molecule has 0 unspecified atom stereocenters. The normalized spacial score (nSPS) is 10.9. The van der Waals surface area contributed by atoms with Gasteiger partial charge >= 0.3 is 0 Å². The fraction of sp³-hybridized carbons (Fsp3) is 0.143. The highest BCUT2D eigenvalue weighted by molar-refractivity contribution is 9.10. The molecule has 0 bridgehead atoms. The van der Waals surface area contributed by atoms with Crippen molar-refractivity contribution in [2.45, 2.75) is 6.92 Å². The van der Waals surface area contributed by atoms with Crippen LogP contribution in [0.3, 0.4) is 0 Å². The SMILES string of the molecule is COc1ccc(-c2nc3scc(C)n3c2C=O)c(Br)c1. The van der Waals surface area contributed by atoms with Crippen LogP contribution in [0.25, 0.3) is 16.2 Å². The Hall–Kier alpha value is -1.66.